The van der Waals surface area contributed by atoms with Gasteiger partial charge < -0.3 is 10.1 Å². The predicted octanol–water partition coefficient (Wildman–Crippen LogP) is 1.87. The number of nitrogens with zero attached hydrogens (tertiary/aromatic N) is 1. The summed E-state index contributed by atoms with van der Waals surface area (Å²) in [5.74, 6) is 1.27. The molecule has 1 heterocycles. The summed E-state index contributed by atoms with van der Waals surface area (Å²) in [7, 11) is 1.63. The van der Waals surface area contributed by atoms with E-state index in [4.69, 9.17) is 4.74 Å². The largest absolute Gasteiger partial charge is 0.497 e. The number of methoxy groups -OCH3 is 1. The summed E-state index contributed by atoms with van der Waals surface area (Å²) in [4.78, 5) is 16.8. The predicted molar refractivity (Wildman–Crippen MR) is 83.6 cm³/mol. The van der Waals surface area contributed by atoms with Gasteiger partial charge in [-0.25, -0.2) is 4.99 Å². The third-order valence-corrected chi connectivity index (χ3v) is 3.28. The highest BCUT2D eigenvalue weighted by atomic mass is 16.5. The number of guanidine groups is 1. The maximum atomic E-state index is 12.2. The first-order chi connectivity index (χ1) is 9.72. The Bertz CT molecular complexity index is 558. The number of carbonyl (C=O) groups is 1. The first-order valence-electron chi connectivity index (χ1n) is 7.04. The van der Waals surface area contributed by atoms with Crippen molar-refractivity contribution < 1.29 is 9.53 Å². The Hall–Kier alpha value is -2.04. The minimum Gasteiger partial charge on any atom is -0.497 e. The summed E-state index contributed by atoms with van der Waals surface area (Å²) in [5, 5.41) is 6.02. The molecule has 21 heavy (non-hydrogen) atoms. The van der Waals surface area contributed by atoms with Crippen LogP contribution in [0.3, 0.4) is 0 Å². The van der Waals surface area contributed by atoms with Gasteiger partial charge in [0.25, 0.3) is 5.91 Å². The van der Waals surface area contributed by atoms with Gasteiger partial charge in [0.1, 0.15) is 11.3 Å². The maximum Gasteiger partial charge on any atom is 0.254 e. The number of amides is 1. The minimum atomic E-state index is -0.776. The van der Waals surface area contributed by atoms with E-state index >= 15 is 0 Å². The molecule has 0 aliphatic carbocycles. The average Bonchev–Trinajstić information content (AvgIpc) is 2.62. The lowest BCUT2D eigenvalue weighted by Gasteiger charge is -2.21. The molecule has 1 aliphatic heterocycles. The van der Waals surface area contributed by atoms with Crippen molar-refractivity contribution in [3.05, 3.63) is 29.8 Å². The quantitative estimate of drug-likeness (QED) is 0.893. The molecule has 0 radical (unpaired) electrons. The Morgan fingerprint density at radius 1 is 1.29 bits per heavy atom. The fraction of sp³-hybridized carbons (Fsp3) is 0.500. The summed E-state index contributed by atoms with van der Waals surface area (Å²) in [6.07, 6.45) is 0.554. The zero-order valence-corrected chi connectivity index (χ0v) is 13.3. The van der Waals surface area contributed by atoms with Crippen LogP contribution in [0.15, 0.2) is 29.3 Å². The number of benzene rings is 1. The molecule has 0 aromatic heterocycles. The number of rotatable bonds is 3. The first kappa shape index (κ1) is 15.4. The van der Waals surface area contributed by atoms with E-state index in [0.717, 1.165) is 11.3 Å². The van der Waals surface area contributed by atoms with Gasteiger partial charge in [-0.05, 0) is 45.4 Å². The third-order valence-electron chi connectivity index (χ3n) is 3.28. The second kappa shape index (κ2) is 5.39. The van der Waals surface area contributed by atoms with Crippen LogP contribution in [0, 0.1) is 0 Å². The van der Waals surface area contributed by atoms with Crippen molar-refractivity contribution in [2.24, 2.45) is 4.99 Å². The van der Waals surface area contributed by atoms with E-state index in [1.165, 1.54) is 0 Å². The zero-order valence-electron chi connectivity index (χ0n) is 13.3. The van der Waals surface area contributed by atoms with Gasteiger partial charge in [0.2, 0.25) is 0 Å². The number of ether oxygens (including phenoxy) is 1. The van der Waals surface area contributed by atoms with E-state index in [0.29, 0.717) is 12.4 Å². The molecule has 1 atom stereocenters. The molecule has 2 rings (SSSR count). The molecule has 5 heteroatoms. The monoisotopic (exact) mass is 289 g/mol. The van der Waals surface area contributed by atoms with Crippen LogP contribution in [-0.4, -0.2) is 30.1 Å². The lowest BCUT2D eigenvalue weighted by atomic mass is 9.93. The SMILES string of the molecule is COc1ccc(CC2(C)N=C(NC(C)(C)C)NC2=O)cc1. The molecular formula is C16H23N3O2. The Balaban J connectivity index is 2.14. The molecule has 2 N–H and O–H groups in total. The fourth-order valence-corrected chi connectivity index (χ4v) is 2.24. The van der Waals surface area contributed by atoms with Gasteiger partial charge in [-0.1, -0.05) is 12.1 Å². The van der Waals surface area contributed by atoms with Gasteiger partial charge in [0, 0.05) is 12.0 Å². The molecule has 0 fully saturated rings. The van der Waals surface area contributed by atoms with Gasteiger partial charge >= 0.3 is 0 Å². The van der Waals surface area contributed by atoms with Crippen molar-refractivity contribution in [3.8, 4) is 5.75 Å². The molecule has 1 unspecified atom stereocenters. The highest BCUT2D eigenvalue weighted by Gasteiger charge is 2.39. The molecule has 1 amide bonds. The highest BCUT2D eigenvalue weighted by Crippen LogP contribution is 2.23. The summed E-state index contributed by atoms with van der Waals surface area (Å²) in [6, 6.07) is 7.71. The van der Waals surface area contributed by atoms with E-state index in [2.05, 4.69) is 15.6 Å². The van der Waals surface area contributed by atoms with E-state index < -0.39 is 5.54 Å². The second-order valence-corrected chi connectivity index (χ2v) is 6.59. The Morgan fingerprint density at radius 3 is 2.43 bits per heavy atom. The van der Waals surface area contributed by atoms with Gasteiger partial charge in [0.05, 0.1) is 7.11 Å². The standard InChI is InChI=1S/C16H23N3O2/c1-15(2,3)18-14-17-13(20)16(4,19-14)10-11-6-8-12(21-5)9-7-11/h6-9H,10H2,1-5H3,(H2,17,18,19,20). The van der Waals surface area contributed by atoms with Crippen LogP contribution < -0.4 is 15.4 Å². The number of hydrogen-bond donors (Lipinski definition) is 2. The van der Waals surface area contributed by atoms with E-state index in [-0.39, 0.29) is 11.4 Å². The minimum absolute atomic E-state index is 0.0786. The average molecular weight is 289 g/mol. The molecule has 0 saturated heterocycles. The number of nitrogens with one attached hydrogen (secondary N) is 2. The van der Waals surface area contributed by atoms with Crippen molar-refractivity contribution >= 4 is 11.9 Å². The van der Waals surface area contributed by atoms with Crippen LogP contribution >= 0.6 is 0 Å². The Kier molecular flexibility index (Phi) is 3.94. The molecule has 0 spiro atoms. The lowest BCUT2D eigenvalue weighted by Crippen LogP contribution is -2.47. The highest BCUT2D eigenvalue weighted by molar-refractivity contribution is 6.07. The van der Waals surface area contributed by atoms with Crippen molar-refractivity contribution in [1.82, 2.24) is 10.6 Å². The Labute approximate surface area is 125 Å². The van der Waals surface area contributed by atoms with E-state index in [1.807, 2.05) is 52.0 Å². The number of carbonyl (C=O) groups excluding carboxylic acids is 1. The summed E-state index contributed by atoms with van der Waals surface area (Å²) >= 11 is 0. The fourth-order valence-electron chi connectivity index (χ4n) is 2.24. The van der Waals surface area contributed by atoms with Crippen molar-refractivity contribution in [3.63, 3.8) is 0 Å². The van der Waals surface area contributed by atoms with Crippen LogP contribution in [0.2, 0.25) is 0 Å². The molecule has 0 bridgehead atoms. The second-order valence-electron chi connectivity index (χ2n) is 6.59. The summed E-state index contributed by atoms with van der Waals surface area (Å²) in [6.45, 7) is 7.94. The van der Waals surface area contributed by atoms with Crippen molar-refractivity contribution in [2.75, 3.05) is 7.11 Å². The van der Waals surface area contributed by atoms with Gasteiger partial charge in [-0.15, -0.1) is 0 Å². The van der Waals surface area contributed by atoms with Crippen molar-refractivity contribution in [1.29, 1.82) is 0 Å². The Morgan fingerprint density at radius 2 is 1.90 bits per heavy atom. The number of hydrogen-bond acceptors (Lipinski definition) is 4. The number of aliphatic imine (C=N–C) groups is 1. The zero-order chi connectivity index (χ0) is 15.7. The van der Waals surface area contributed by atoms with Crippen LogP contribution in [0.1, 0.15) is 33.3 Å². The topological polar surface area (TPSA) is 62.7 Å². The summed E-state index contributed by atoms with van der Waals surface area (Å²) in [5.41, 5.74) is 0.133. The van der Waals surface area contributed by atoms with Gasteiger partial charge in [0.15, 0.2) is 5.96 Å². The molecule has 0 saturated carbocycles. The van der Waals surface area contributed by atoms with Gasteiger partial charge in [-0.3, -0.25) is 10.1 Å². The molecule has 1 aromatic rings. The van der Waals surface area contributed by atoms with Crippen molar-refractivity contribution in [2.45, 2.75) is 45.2 Å². The molecule has 114 valence electrons. The lowest BCUT2D eigenvalue weighted by molar-refractivity contribution is -0.123. The van der Waals surface area contributed by atoms with E-state index in [9.17, 15) is 4.79 Å². The van der Waals surface area contributed by atoms with Crippen LogP contribution in [-0.2, 0) is 11.2 Å². The maximum absolute atomic E-state index is 12.2. The summed E-state index contributed by atoms with van der Waals surface area (Å²) < 4.78 is 5.14. The molecule has 1 aromatic carbocycles. The molecule has 1 aliphatic rings. The molecule has 5 nitrogen and oxygen atoms in total. The smallest absolute Gasteiger partial charge is 0.254 e. The molecular weight excluding hydrogens is 266 g/mol. The normalized spacial score (nSPS) is 21.8. The third kappa shape index (κ3) is 3.74. The first-order valence-corrected chi connectivity index (χ1v) is 7.04. The van der Waals surface area contributed by atoms with Crippen LogP contribution in [0.5, 0.6) is 5.75 Å². The van der Waals surface area contributed by atoms with E-state index in [1.54, 1.807) is 7.11 Å². The van der Waals surface area contributed by atoms with Gasteiger partial charge in [-0.2, -0.15) is 0 Å². The van der Waals surface area contributed by atoms with Crippen LogP contribution in [0.25, 0.3) is 0 Å². The van der Waals surface area contributed by atoms with Crippen LogP contribution in [0.4, 0.5) is 0 Å².